The number of para-hydroxylation sites is 1. The van der Waals surface area contributed by atoms with Crippen LogP contribution in [0.5, 0.6) is 5.75 Å². The van der Waals surface area contributed by atoms with Gasteiger partial charge in [0, 0.05) is 12.1 Å². The summed E-state index contributed by atoms with van der Waals surface area (Å²) in [6.07, 6.45) is 2.66. The second kappa shape index (κ2) is 6.59. The van der Waals surface area contributed by atoms with Gasteiger partial charge in [-0.05, 0) is 49.1 Å². The smallest absolute Gasteiger partial charge is 0.148 e. The highest BCUT2D eigenvalue weighted by molar-refractivity contribution is 5.57. The number of fused-ring (bicyclic) bond motifs is 1. The zero-order chi connectivity index (χ0) is 17.2. The molecule has 128 valence electrons. The quantitative estimate of drug-likeness (QED) is 0.770. The summed E-state index contributed by atoms with van der Waals surface area (Å²) in [5.41, 5.74) is 3.97. The summed E-state index contributed by atoms with van der Waals surface area (Å²) < 4.78 is 21.1. The highest BCUT2D eigenvalue weighted by Gasteiger charge is 2.23. The standard InChI is InChI=1S/C20H20FN3O/c1-25-15-9-6-14(7-10-15)8-11-18-16-12-13-22-20(16)24(23-18)19-5-3-2-4-17(19)21/h2-7,9-10,22H,8,11-13H2,1H3. The van der Waals surface area contributed by atoms with Crippen LogP contribution in [-0.4, -0.2) is 23.4 Å². The molecule has 0 unspecified atom stereocenters. The molecule has 2 aromatic carbocycles. The Bertz CT molecular complexity index is 886. The number of hydrogen-bond donors (Lipinski definition) is 1. The van der Waals surface area contributed by atoms with E-state index in [1.807, 2.05) is 18.2 Å². The van der Waals surface area contributed by atoms with Crippen LogP contribution in [0.25, 0.3) is 5.69 Å². The number of hydrogen-bond acceptors (Lipinski definition) is 3. The minimum Gasteiger partial charge on any atom is -0.497 e. The van der Waals surface area contributed by atoms with Crippen molar-refractivity contribution in [3.8, 4) is 11.4 Å². The Morgan fingerprint density at radius 1 is 1.12 bits per heavy atom. The molecular weight excluding hydrogens is 317 g/mol. The van der Waals surface area contributed by atoms with Crippen molar-refractivity contribution in [1.29, 1.82) is 0 Å². The summed E-state index contributed by atoms with van der Waals surface area (Å²) in [6, 6.07) is 14.8. The number of methoxy groups -OCH3 is 1. The predicted octanol–water partition coefficient (Wildman–Crippen LogP) is 3.77. The van der Waals surface area contributed by atoms with Gasteiger partial charge in [0.1, 0.15) is 23.1 Å². The van der Waals surface area contributed by atoms with E-state index in [9.17, 15) is 4.39 Å². The molecule has 4 nitrogen and oxygen atoms in total. The van der Waals surface area contributed by atoms with Crippen LogP contribution in [0.3, 0.4) is 0 Å². The minimum absolute atomic E-state index is 0.261. The van der Waals surface area contributed by atoms with E-state index in [0.717, 1.165) is 43.1 Å². The van der Waals surface area contributed by atoms with Crippen LogP contribution < -0.4 is 10.1 Å². The maximum atomic E-state index is 14.2. The summed E-state index contributed by atoms with van der Waals surface area (Å²) >= 11 is 0. The Balaban J connectivity index is 1.60. The van der Waals surface area contributed by atoms with Gasteiger partial charge in [0.25, 0.3) is 0 Å². The maximum absolute atomic E-state index is 14.2. The molecule has 4 rings (SSSR count). The number of aryl methyl sites for hydroxylation is 2. The first-order valence-electron chi connectivity index (χ1n) is 8.49. The lowest BCUT2D eigenvalue weighted by Gasteiger charge is -2.07. The van der Waals surface area contributed by atoms with Crippen LogP contribution in [0.15, 0.2) is 48.5 Å². The first-order valence-corrected chi connectivity index (χ1v) is 8.49. The van der Waals surface area contributed by atoms with Crippen molar-refractivity contribution in [2.24, 2.45) is 0 Å². The van der Waals surface area contributed by atoms with Gasteiger partial charge in [0.2, 0.25) is 0 Å². The Morgan fingerprint density at radius 2 is 1.92 bits per heavy atom. The van der Waals surface area contributed by atoms with E-state index < -0.39 is 0 Å². The highest BCUT2D eigenvalue weighted by Crippen LogP contribution is 2.30. The van der Waals surface area contributed by atoms with Gasteiger partial charge in [-0.15, -0.1) is 0 Å². The first-order chi connectivity index (χ1) is 12.3. The van der Waals surface area contributed by atoms with E-state index in [2.05, 4.69) is 17.4 Å². The van der Waals surface area contributed by atoms with Crippen molar-refractivity contribution in [3.63, 3.8) is 0 Å². The van der Waals surface area contributed by atoms with Gasteiger partial charge in [-0.1, -0.05) is 24.3 Å². The second-order valence-corrected chi connectivity index (χ2v) is 6.16. The number of halogens is 1. The summed E-state index contributed by atoms with van der Waals surface area (Å²) in [5.74, 6) is 1.52. The molecule has 0 saturated heterocycles. The number of ether oxygens (including phenoxy) is 1. The molecule has 0 amide bonds. The fourth-order valence-corrected chi connectivity index (χ4v) is 3.30. The predicted molar refractivity (Wildman–Crippen MR) is 96.1 cm³/mol. The summed E-state index contributed by atoms with van der Waals surface area (Å²) in [4.78, 5) is 0. The van der Waals surface area contributed by atoms with Crippen molar-refractivity contribution >= 4 is 5.82 Å². The molecule has 0 aliphatic carbocycles. The van der Waals surface area contributed by atoms with Crippen LogP contribution in [-0.2, 0) is 19.3 Å². The lowest BCUT2D eigenvalue weighted by atomic mass is 10.1. The number of nitrogens with one attached hydrogen (secondary N) is 1. The van der Waals surface area contributed by atoms with Gasteiger partial charge in [-0.3, -0.25) is 0 Å². The third kappa shape index (κ3) is 2.97. The van der Waals surface area contributed by atoms with E-state index in [-0.39, 0.29) is 5.82 Å². The topological polar surface area (TPSA) is 39.1 Å². The highest BCUT2D eigenvalue weighted by atomic mass is 19.1. The lowest BCUT2D eigenvalue weighted by molar-refractivity contribution is 0.414. The average molecular weight is 337 g/mol. The summed E-state index contributed by atoms with van der Waals surface area (Å²) in [7, 11) is 1.67. The molecular formula is C20H20FN3O. The fraction of sp³-hybridized carbons (Fsp3) is 0.250. The average Bonchev–Trinajstić information content (AvgIpc) is 3.24. The van der Waals surface area contributed by atoms with Crippen molar-refractivity contribution < 1.29 is 9.13 Å². The SMILES string of the molecule is COc1ccc(CCc2nn(-c3ccccc3F)c3c2CCN3)cc1. The van der Waals surface area contributed by atoms with Crippen LogP contribution >= 0.6 is 0 Å². The van der Waals surface area contributed by atoms with Gasteiger partial charge in [0.15, 0.2) is 0 Å². The molecule has 1 N–H and O–H groups in total. The number of nitrogens with zero attached hydrogens (tertiary/aromatic N) is 2. The summed E-state index contributed by atoms with van der Waals surface area (Å²) in [5, 5.41) is 8.05. The van der Waals surface area contributed by atoms with E-state index in [1.54, 1.807) is 23.9 Å². The van der Waals surface area contributed by atoms with E-state index in [1.165, 1.54) is 17.2 Å². The molecule has 1 aliphatic heterocycles. The molecule has 25 heavy (non-hydrogen) atoms. The maximum Gasteiger partial charge on any atom is 0.148 e. The monoisotopic (exact) mass is 337 g/mol. The van der Waals surface area contributed by atoms with Crippen LogP contribution in [0.2, 0.25) is 0 Å². The Hall–Kier alpha value is -2.82. The Labute approximate surface area is 146 Å². The van der Waals surface area contributed by atoms with Gasteiger partial charge >= 0.3 is 0 Å². The molecule has 0 radical (unpaired) electrons. The normalized spacial score (nSPS) is 12.7. The fourth-order valence-electron chi connectivity index (χ4n) is 3.30. The van der Waals surface area contributed by atoms with E-state index in [4.69, 9.17) is 9.84 Å². The van der Waals surface area contributed by atoms with Crippen LogP contribution in [0, 0.1) is 5.82 Å². The minimum atomic E-state index is -0.261. The van der Waals surface area contributed by atoms with Crippen molar-refractivity contribution in [1.82, 2.24) is 9.78 Å². The third-order valence-corrected chi connectivity index (χ3v) is 4.62. The molecule has 1 aromatic heterocycles. The van der Waals surface area contributed by atoms with Crippen molar-refractivity contribution in [3.05, 3.63) is 71.2 Å². The molecule has 0 atom stereocenters. The second-order valence-electron chi connectivity index (χ2n) is 6.16. The molecule has 0 bridgehead atoms. The van der Waals surface area contributed by atoms with Gasteiger partial charge in [0.05, 0.1) is 12.8 Å². The third-order valence-electron chi connectivity index (χ3n) is 4.62. The number of rotatable bonds is 5. The Morgan fingerprint density at radius 3 is 2.68 bits per heavy atom. The molecule has 0 spiro atoms. The van der Waals surface area contributed by atoms with Gasteiger partial charge < -0.3 is 10.1 Å². The summed E-state index contributed by atoms with van der Waals surface area (Å²) in [6.45, 7) is 0.872. The zero-order valence-corrected chi connectivity index (χ0v) is 14.1. The zero-order valence-electron chi connectivity index (χ0n) is 14.1. The molecule has 5 heteroatoms. The molecule has 1 aliphatic rings. The number of anilines is 1. The Kier molecular flexibility index (Phi) is 4.14. The molecule has 3 aromatic rings. The molecule has 2 heterocycles. The van der Waals surface area contributed by atoms with E-state index >= 15 is 0 Å². The van der Waals surface area contributed by atoms with Crippen LogP contribution in [0.4, 0.5) is 10.2 Å². The molecule has 0 fully saturated rings. The largest absolute Gasteiger partial charge is 0.497 e. The van der Waals surface area contributed by atoms with Gasteiger partial charge in [-0.25, -0.2) is 9.07 Å². The molecule has 0 saturated carbocycles. The lowest BCUT2D eigenvalue weighted by Crippen LogP contribution is -2.06. The number of benzene rings is 2. The van der Waals surface area contributed by atoms with E-state index in [0.29, 0.717) is 5.69 Å². The van der Waals surface area contributed by atoms with Crippen molar-refractivity contribution in [2.75, 3.05) is 19.0 Å². The number of aromatic nitrogens is 2. The first kappa shape index (κ1) is 15.7. The van der Waals surface area contributed by atoms with Crippen molar-refractivity contribution in [2.45, 2.75) is 19.3 Å². The van der Waals surface area contributed by atoms with Gasteiger partial charge in [-0.2, -0.15) is 5.10 Å². The van der Waals surface area contributed by atoms with Crippen LogP contribution in [0.1, 0.15) is 16.8 Å².